The third-order valence-corrected chi connectivity index (χ3v) is 2.95. The number of oxime groups is 1. The molecule has 0 saturated carbocycles. The molecule has 0 fully saturated rings. The minimum atomic E-state index is -0.0379. The monoisotopic (exact) mass is 257 g/mol. The van der Waals surface area contributed by atoms with Gasteiger partial charge < -0.3 is 16.3 Å². The van der Waals surface area contributed by atoms with Crippen molar-refractivity contribution in [3.05, 3.63) is 0 Å². The van der Waals surface area contributed by atoms with Crippen molar-refractivity contribution in [1.82, 2.24) is 5.32 Å². The van der Waals surface area contributed by atoms with E-state index in [-0.39, 0.29) is 17.8 Å². The maximum Gasteiger partial charge on any atom is 0.220 e. The Kier molecular flexibility index (Phi) is 10.1. The Morgan fingerprint density at radius 2 is 1.94 bits per heavy atom. The van der Waals surface area contributed by atoms with Crippen molar-refractivity contribution in [3.8, 4) is 0 Å². The van der Waals surface area contributed by atoms with Crippen molar-refractivity contribution in [1.29, 1.82) is 0 Å². The minimum absolute atomic E-state index is 0.0379. The number of carbonyl (C=O) groups excluding carboxylic acids is 1. The molecule has 5 heteroatoms. The first-order valence-corrected chi connectivity index (χ1v) is 6.89. The number of rotatable bonds is 10. The van der Waals surface area contributed by atoms with Crippen LogP contribution in [-0.2, 0) is 4.79 Å². The van der Waals surface area contributed by atoms with Gasteiger partial charge in [-0.1, -0.05) is 44.7 Å². The lowest BCUT2D eigenvalue weighted by Crippen LogP contribution is -2.37. The van der Waals surface area contributed by atoms with Gasteiger partial charge in [0.25, 0.3) is 0 Å². The topological polar surface area (TPSA) is 87.7 Å². The summed E-state index contributed by atoms with van der Waals surface area (Å²) in [6.07, 6.45) is 7.44. The van der Waals surface area contributed by atoms with E-state index in [0.29, 0.717) is 12.8 Å². The van der Waals surface area contributed by atoms with Crippen LogP contribution in [0.25, 0.3) is 0 Å². The van der Waals surface area contributed by atoms with Crippen molar-refractivity contribution >= 4 is 11.7 Å². The Balaban J connectivity index is 3.76. The molecule has 1 amide bonds. The van der Waals surface area contributed by atoms with Crippen LogP contribution in [0.2, 0.25) is 0 Å². The second kappa shape index (κ2) is 10.9. The molecule has 4 N–H and O–H groups in total. The molecule has 5 nitrogen and oxygen atoms in total. The van der Waals surface area contributed by atoms with Gasteiger partial charge in [0.1, 0.15) is 5.84 Å². The molecule has 0 saturated heterocycles. The largest absolute Gasteiger partial charge is 0.409 e. The first-order chi connectivity index (χ1) is 8.63. The van der Waals surface area contributed by atoms with Crippen LogP contribution in [-0.4, -0.2) is 23.0 Å². The van der Waals surface area contributed by atoms with E-state index in [1.54, 1.807) is 0 Å². The second-order valence-corrected chi connectivity index (χ2v) is 4.63. The van der Waals surface area contributed by atoms with Crippen molar-refractivity contribution in [2.75, 3.05) is 0 Å². The van der Waals surface area contributed by atoms with Crippen LogP contribution < -0.4 is 11.1 Å². The molecule has 0 radical (unpaired) electrons. The summed E-state index contributed by atoms with van der Waals surface area (Å²) in [5.74, 6) is 0.217. The van der Waals surface area contributed by atoms with Gasteiger partial charge in [-0.05, 0) is 12.8 Å². The standard InChI is InChI=1S/C13H27N3O2/c1-3-5-6-7-8-9-13(17)15-11(4-2)10-12(14)16-18/h11,18H,3-10H2,1-2H3,(H2,14,16)(H,15,17). The van der Waals surface area contributed by atoms with Gasteiger partial charge in [0, 0.05) is 18.9 Å². The zero-order valence-electron chi connectivity index (χ0n) is 11.6. The summed E-state index contributed by atoms with van der Waals surface area (Å²) < 4.78 is 0. The molecule has 0 aliphatic heterocycles. The third kappa shape index (κ3) is 8.84. The summed E-state index contributed by atoms with van der Waals surface area (Å²) >= 11 is 0. The summed E-state index contributed by atoms with van der Waals surface area (Å²) in [5, 5.41) is 14.3. The summed E-state index contributed by atoms with van der Waals surface area (Å²) in [6, 6.07) is -0.0379. The minimum Gasteiger partial charge on any atom is -0.409 e. The number of amidine groups is 1. The molecule has 0 aromatic carbocycles. The van der Waals surface area contributed by atoms with E-state index in [0.717, 1.165) is 19.3 Å². The molecule has 0 heterocycles. The molecule has 0 bridgehead atoms. The van der Waals surface area contributed by atoms with Crippen LogP contribution in [0.1, 0.15) is 65.2 Å². The van der Waals surface area contributed by atoms with E-state index >= 15 is 0 Å². The maximum absolute atomic E-state index is 11.7. The molecule has 1 unspecified atom stereocenters. The van der Waals surface area contributed by atoms with Crippen LogP contribution in [0.3, 0.4) is 0 Å². The number of nitrogens with two attached hydrogens (primary N) is 1. The van der Waals surface area contributed by atoms with Gasteiger partial charge >= 0.3 is 0 Å². The molecular formula is C13H27N3O2. The van der Waals surface area contributed by atoms with Gasteiger partial charge in [-0.2, -0.15) is 0 Å². The molecule has 0 aromatic rings. The summed E-state index contributed by atoms with van der Waals surface area (Å²) in [5.41, 5.74) is 5.43. The van der Waals surface area contributed by atoms with Gasteiger partial charge in [-0.3, -0.25) is 4.79 Å². The normalized spacial score (nSPS) is 13.3. The van der Waals surface area contributed by atoms with E-state index in [2.05, 4.69) is 17.4 Å². The number of amides is 1. The van der Waals surface area contributed by atoms with Crippen molar-refractivity contribution in [2.24, 2.45) is 10.9 Å². The summed E-state index contributed by atoms with van der Waals surface area (Å²) in [6.45, 7) is 4.14. The SMILES string of the molecule is CCCCCCCC(=O)NC(CC)CC(N)=NO. The zero-order valence-corrected chi connectivity index (χ0v) is 11.6. The van der Waals surface area contributed by atoms with Crippen LogP contribution in [0, 0.1) is 0 Å². The number of hydrogen-bond acceptors (Lipinski definition) is 3. The molecular weight excluding hydrogens is 230 g/mol. The average molecular weight is 257 g/mol. The van der Waals surface area contributed by atoms with Crippen molar-refractivity contribution < 1.29 is 10.0 Å². The molecule has 0 spiro atoms. The van der Waals surface area contributed by atoms with Crippen molar-refractivity contribution in [2.45, 2.75) is 71.3 Å². The van der Waals surface area contributed by atoms with E-state index in [9.17, 15) is 4.79 Å². The third-order valence-electron chi connectivity index (χ3n) is 2.95. The number of nitrogens with zero attached hydrogens (tertiary/aromatic N) is 1. The van der Waals surface area contributed by atoms with Gasteiger partial charge in [-0.25, -0.2) is 0 Å². The lowest BCUT2D eigenvalue weighted by molar-refractivity contribution is -0.121. The fourth-order valence-corrected chi connectivity index (χ4v) is 1.78. The van der Waals surface area contributed by atoms with Crippen LogP contribution >= 0.6 is 0 Å². The van der Waals surface area contributed by atoms with Crippen molar-refractivity contribution in [3.63, 3.8) is 0 Å². The zero-order chi connectivity index (χ0) is 13.8. The van der Waals surface area contributed by atoms with Crippen LogP contribution in [0.4, 0.5) is 0 Å². The lowest BCUT2D eigenvalue weighted by Gasteiger charge is -2.16. The summed E-state index contributed by atoms with van der Waals surface area (Å²) in [7, 11) is 0. The highest BCUT2D eigenvalue weighted by atomic mass is 16.4. The molecule has 0 rings (SSSR count). The number of unbranched alkanes of at least 4 members (excludes halogenated alkanes) is 4. The highest BCUT2D eigenvalue weighted by molar-refractivity contribution is 5.81. The molecule has 0 aromatic heterocycles. The van der Waals surface area contributed by atoms with E-state index < -0.39 is 0 Å². The average Bonchev–Trinajstić information content (AvgIpc) is 2.37. The van der Waals surface area contributed by atoms with E-state index in [4.69, 9.17) is 10.9 Å². The molecule has 106 valence electrons. The van der Waals surface area contributed by atoms with Gasteiger partial charge in [0.15, 0.2) is 0 Å². The Morgan fingerprint density at radius 3 is 2.50 bits per heavy atom. The molecule has 0 aliphatic carbocycles. The number of nitrogens with one attached hydrogen (secondary N) is 1. The molecule has 0 aliphatic rings. The second-order valence-electron chi connectivity index (χ2n) is 4.63. The predicted octanol–water partition coefficient (Wildman–Crippen LogP) is 2.38. The first kappa shape index (κ1) is 16.7. The Hall–Kier alpha value is -1.26. The van der Waals surface area contributed by atoms with Gasteiger partial charge in [0.2, 0.25) is 5.91 Å². The first-order valence-electron chi connectivity index (χ1n) is 6.89. The quantitative estimate of drug-likeness (QED) is 0.184. The maximum atomic E-state index is 11.7. The summed E-state index contributed by atoms with van der Waals surface area (Å²) in [4.78, 5) is 11.7. The fraction of sp³-hybridized carbons (Fsp3) is 0.846. The molecule has 1 atom stereocenters. The number of carbonyl (C=O) groups is 1. The Morgan fingerprint density at radius 1 is 1.28 bits per heavy atom. The van der Waals surface area contributed by atoms with Crippen LogP contribution in [0.15, 0.2) is 5.16 Å². The van der Waals surface area contributed by atoms with E-state index in [1.807, 2.05) is 6.92 Å². The van der Waals surface area contributed by atoms with Gasteiger partial charge in [0.05, 0.1) is 0 Å². The Bertz CT molecular complexity index is 255. The van der Waals surface area contributed by atoms with E-state index in [1.165, 1.54) is 19.3 Å². The fourth-order valence-electron chi connectivity index (χ4n) is 1.78. The number of hydrogen-bond donors (Lipinski definition) is 3. The highest BCUT2D eigenvalue weighted by Gasteiger charge is 2.11. The lowest BCUT2D eigenvalue weighted by atomic mass is 10.1. The molecule has 18 heavy (non-hydrogen) atoms. The van der Waals surface area contributed by atoms with Crippen LogP contribution in [0.5, 0.6) is 0 Å². The smallest absolute Gasteiger partial charge is 0.220 e. The van der Waals surface area contributed by atoms with Gasteiger partial charge in [-0.15, -0.1) is 0 Å². The highest BCUT2D eigenvalue weighted by Crippen LogP contribution is 2.06. The predicted molar refractivity (Wildman–Crippen MR) is 73.6 cm³/mol. The Labute approximate surface area is 110 Å².